The van der Waals surface area contributed by atoms with Crippen molar-refractivity contribution in [3.05, 3.63) is 54.6 Å². The zero-order chi connectivity index (χ0) is 13.8. The van der Waals surface area contributed by atoms with Gasteiger partial charge in [-0.2, -0.15) is 0 Å². The van der Waals surface area contributed by atoms with Crippen LogP contribution in [0.15, 0.2) is 34.1 Å². The number of rotatable bonds is 5. The standard InChI is InChI=1S/C14H14BrCl2NS/c1-2-18-12(8-13-9(15)6-7-19-13)14-10(16)4-3-5-11(14)17/h3-7,12,18H,2,8H2,1H3. The monoisotopic (exact) mass is 377 g/mol. The van der Waals surface area contributed by atoms with Gasteiger partial charge in [0.1, 0.15) is 0 Å². The van der Waals surface area contributed by atoms with Crippen molar-refractivity contribution in [3.63, 3.8) is 0 Å². The third-order valence-electron chi connectivity index (χ3n) is 2.88. The molecule has 1 aromatic carbocycles. The van der Waals surface area contributed by atoms with Crippen molar-refractivity contribution in [1.29, 1.82) is 0 Å². The predicted octanol–water partition coefficient (Wildman–Crippen LogP) is 5.71. The molecule has 0 amide bonds. The summed E-state index contributed by atoms with van der Waals surface area (Å²) in [6.45, 7) is 2.95. The topological polar surface area (TPSA) is 12.0 Å². The first kappa shape index (κ1) is 15.3. The minimum Gasteiger partial charge on any atom is -0.310 e. The molecule has 0 bridgehead atoms. The maximum Gasteiger partial charge on any atom is 0.0468 e. The van der Waals surface area contributed by atoms with Crippen molar-refractivity contribution >= 4 is 50.5 Å². The molecule has 0 spiro atoms. The van der Waals surface area contributed by atoms with Gasteiger partial charge in [0.05, 0.1) is 0 Å². The van der Waals surface area contributed by atoms with Crippen LogP contribution in [0.5, 0.6) is 0 Å². The largest absolute Gasteiger partial charge is 0.310 e. The van der Waals surface area contributed by atoms with Gasteiger partial charge in [0, 0.05) is 37.4 Å². The SMILES string of the molecule is CCNC(Cc1sccc1Br)c1c(Cl)cccc1Cl. The highest BCUT2D eigenvalue weighted by Gasteiger charge is 2.19. The quantitative estimate of drug-likeness (QED) is 0.702. The fourth-order valence-electron chi connectivity index (χ4n) is 2.02. The van der Waals surface area contributed by atoms with Crippen LogP contribution in [-0.2, 0) is 6.42 Å². The fraction of sp³-hybridized carbons (Fsp3) is 0.286. The first-order valence-electron chi connectivity index (χ1n) is 6.02. The summed E-state index contributed by atoms with van der Waals surface area (Å²) in [7, 11) is 0. The molecular formula is C14H14BrCl2NS. The van der Waals surface area contributed by atoms with Crippen molar-refractivity contribution in [1.82, 2.24) is 5.32 Å². The molecule has 1 atom stereocenters. The number of halogens is 3. The molecule has 1 N–H and O–H groups in total. The molecule has 0 aliphatic heterocycles. The van der Waals surface area contributed by atoms with Crippen LogP contribution in [0.3, 0.4) is 0 Å². The van der Waals surface area contributed by atoms with Gasteiger partial charge >= 0.3 is 0 Å². The molecule has 0 saturated heterocycles. The summed E-state index contributed by atoms with van der Waals surface area (Å²) < 4.78 is 1.14. The Labute approximate surface area is 136 Å². The zero-order valence-corrected chi connectivity index (χ0v) is 14.3. The lowest BCUT2D eigenvalue weighted by Crippen LogP contribution is -2.23. The van der Waals surface area contributed by atoms with Crippen LogP contribution in [-0.4, -0.2) is 6.54 Å². The van der Waals surface area contributed by atoms with Gasteiger partial charge in [-0.05, 0) is 46.1 Å². The van der Waals surface area contributed by atoms with Crippen molar-refractivity contribution in [3.8, 4) is 0 Å². The third-order valence-corrected chi connectivity index (χ3v) is 5.49. The Hall–Kier alpha value is -0.0600. The molecule has 0 aliphatic carbocycles. The van der Waals surface area contributed by atoms with Gasteiger partial charge < -0.3 is 5.32 Å². The van der Waals surface area contributed by atoms with E-state index >= 15 is 0 Å². The second-order valence-corrected chi connectivity index (χ2v) is 6.81. The summed E-state index contributed by atoms with van der Waals surface area (Å²) in [5.74, 6) is 0. The molecular weight excluding hydrogens is 365 g/mol. The summed E-state index contributed by atoms with van der Waals surface area (Å²) in [6, 6.07) is 7.84. The van der Waals surface area contributed by atoms with Crippen LogP contribution in [0.1, 0.15) is 23.4 Å². The van der Waals surface area contributed by atoms with Crippen LogP contribution in [0, 0.1) is 0 Å². The van der Waals surface area contributed by atoms with Gasteiger partial charge in [0.15, 0.2) is 0 Å². The van der Waals surface area contributed by atoms with E-state index in [1.54, 1.807) is 11.3 Å². The Morgan fingerprint density at radius 1 is 1.26 bits per heavy atom. The Bertz CT molecular complexity index is 536. The van der Waals surface area contributed by atoms with E-state index in [0.29, 0.717) is 10.0 Å². The molecule has 0 radical (unpaired) electrons. The van der Waals surface area contributed by atoms with Gasteiger partial charge in [-0.15, -0.1) is 11.3 Å². The number of hydrogen-bond donors (Lipinski definition) is 1. The Kier molecular flexibility index (Phi) is 5.72. The summed E-state index contributed by atoms with van der Waals surface area (Å²) in [5.41, 5.74) is 0.980. The van der Waals surface area contributed by atoms with Crippen LogP contribution in [0.25, 0.3) is 0 Å². The minimum atomic E-state index is 0.126. The van der Waals surface area contributed by atoms with Gasteiger partial charge in [-0.3, -0.25) is 0 Å². The van der Waals surface area contributed by atoms with Crippen LogP contribution < -0.4 is 5.32 Å². The number of nitrogens with one attached hydrogen (secondary N) is 1. The highest BCUT2D eigenvalue weighted by Crippen LogP contribution is 2.34. The molecule has 2 aromatic rings. The minimum absolute atomic E-state index is 0.126. The average Bonchev–Trinajstić information content (AvgIpc) is 2.75. The van der Waals surface area contributed by atoms with Crippen molar-refractivity contribution in [2.24, 2.45) is 0 Å². The number of hydrogen-bond acceptors (Lipinski definition) is 2. The number of benzene rings is 1. The predicted molar refractivity (Wildman–Crippen MR) is 88.6 cm³/mol. The number of thiophene rings is 1. The summed E-state index contributed by atoms with van der Waals surface area (Å²) >= 11 is 17.9. The van der Waals surface area contributed by atoms with Crippen LogP contribution in [0.4, 0.5) is 0 Å². The van der Waals surface area contributed by atoms with E-state index in [9.17, 15) is 0 Å². The second kappa shape index (κ2) is 7.09. The molecule has 1 aromatic heterocycles. The molecule has 2 rings (SSSR count). The molecule has 0 saturated carbocycles. The molecule has 19 heavy (non-hydrogen) atoms. The van der Waals surface area contributed by atoms with Gasteiger partial charge in [0.25, 0.3) is 0 Å². The van der Waals surface area contributed by atoms with Crippen molar-refractivity contribution in [2.45, 2.75) is 19.4 Å². The lowest BCUT2D eigenvalue weighted by atomic mass is 10.0. The second-order valence-electron chi connectivity index (χ2n) is 4.14. The molecule has 1 nitrogen and oxygen atoms in total. The normalized spacial score (nSPS) is 12.6. The van der Waals surface area contributed by atoms with E-state index in [-0.39, 0.29) is 6.04 Å². The van der Waals surface area contributed by atoms with E-state index in [1.807, 2.05) is 18.2 Å². The van der Waals surface area contributed by atoms with E-state index in [4.69, 9.17) is 23.2 Å². The lowest BCUT2D eigenvalue weighted by Gasteiger charge is -2.20. The highest BCUT2D eigenvalue weighted by molar-refractivity contribution is 9.10. The fourth-order valence-corrected chi connectivity index (χ4v) is 4.24. The Morgan fingerprint density at radius 2 is 1.95 bits per heavy atom. The summed E-state index contributed by atoms with van der Waals surface area (Å²) in [5, 5.41) is 6.97. The molecule has 5 heteroatoms. The zero-order valence-electron chi connectivity index (χ0n) is 10.4. The van der Waals surface area contributed by atoms with E-state index in [1.165, 1.54) is 4.88 Å². The van der Waals surface area contributed by atoms with Crippen molar-refractivity contribution in [2.75, 3.05) is 6.54 Å². The average molecular weight is 379 g/mol. The van der Waals surface area contributed by atoms with Gasteiger partial charge in [0.2, 0.25) is 0 Å². The molecule has 0 fully saturated rings. The molecule has 1 unspecified atom stereocenters. The van der Waals surface area contributed by atoms with Crippen LogP contribution in [0.2, 0.25) is 10.0 Å². The lowest BCUT2D eigenvalue weighted by molar-refractivity contribution is 0.553. The van der Waals surface area contributed by atoms with Gasteiger partial charge in [-0.1, -0.05) is 36.2 Å². The van der Waals surface area contributed by atoms with Gasteiger partial charge in [-0.25, -0.2) is 0 Å². The highest BCUT2D eigenvalue weighted by atomic mass is 79.9. The molecule has 102 valence electrons. The van der Waals surface area contributed by atoms with Crippen LogP contribution >= 0.6 is 50.5 Å². The van der Waals surface area contributed by atoms with E-state index in [0.717, 1.165) is 23.0 Å². The first-order chi connectivity index (χ1) is 9.13. The summed E-state index contributed by atoms with van der Waals surface area (Å²) in [4.78, 5) is 1.29. The third kappa shape index (κ3) is 3.73. The maximum atomic E-state index is 6.31. The number of likely N-dealkylation sites (N-methyl/N-ethyl adjacent to an activating group) is 1. The molecule has 1 heterocycles. The van der Waals surface area contributed by atoms with Crippen molar-refractivity contribution < 1.29 is 0 Å². The molecule has 0 aliphatic rings. The smallest absolute Gasteiger partial charge is 0.0468 e. The first-order valence-corrected chi connectivity index (χ1v) is 8.45. The summed E-state index contributed by atoms with van der Waals surface area (Å²) in [6.07, 6.45) is 0.871. The maximum absolute atomic E-state index is 6.31. The Balaban J connectivity index is 2.32. The van der Waals surface area contributed by atoms with E-state index < -0.39 is 0 Å². The Morgan fingerprint density at radius 3 is 2.47 bits per heavy atom. The van der Waals surface area contributed by atoms with E-state index in [2.05, 4.69) is 39.6 Å².